The van der Waals surface area contributed by atoms with E-state index in [0.717, 1.165) is 12.8 Å². The number of hydrogen-bond acceptors (Lipinski definition) is 3. The van der Waals surface area contributed by atoms with Crippen LogP contribution in [0.4, 0.5) is 0 Å². The Kier molecular flexibility index (Phi) is 4.47. The van der Waals surface area contributed by atoms with Crippen molar-refractivity contribution in [3.8, 4) is 0 Å². The third-order valence-corrected chi connectivity index (χ3v) is 3.34. The molecule has 1 N–H and O–H groups in total. The first kappa shape index (κ1) is 12.8. The Morgan fingerprint density at radius 3 is 2.83 bits per heavy atom. The second-order valence-corrected chi connectivity index (χ2v) is 4.99. The Morgan fingerprint density at radius 2 is 2.17 bits per heavy atom. The Balaban J connectivity index is 1.79. The molecule has 0 radical (unpaired) electrons. The van der Waals surface area contributed by atoms with Crippen molar-refractivity contribution in [1.82, 2.24) is 10.3 Å². The van der Waals surface area contributed by atoms with E-state index in [2.05, 4.69) is 22.4 Å². The van der Waals surface area contributed by atoms with Crippen LogP contribution >= 0.6 is 11.3 Å². The van der Waals surface area contributed by atoms with Crippen LogP contribution in [0.3, 0.4) is 0 Å². The maximum absolute atomic E-state index is 11.8. The van der Waals surface area contributed by atoms with E-state index in [9.17, 15) is 4.79 Å². The van der Waals surface area contributed by atoms with Gasteiger partial charge in [0.2, 0.25) is 0 Å². The van der Waals surface area contributed by atoms with Gasteiger partial charge in [-0.2, -0.15) is 0 Å². The van der Waals surface area contributed by atoms with Gasteiger partial charge in [-0.05, 0) is 25.3 Å². The van der Waals surface area contributed by atoms with Crippen molar-refractivity contribution in [3.63, 3.8) is 0 Å². The monoisotopic (exact) mass is 260 g/mol. The molecule has 0 spiro atoms. The molecule has 1 heterocycles. The van der Waals surface area contributed by atoms with Crippen molar-refractivity contribution in [3.05, 3.63) is 52.5 Å². The highest BCUT2D eigenvalue weighted by Gasteiger charge is 2.11. The second kappa shape index (κ2) is 6.31. The van der Waals surface area contributed by atoms with E-state index in [1.807, 2.05) is 25.1 Å². The van der Waals surface area contributed by atoms with Gasteiger partial charge in [0, 0.05) is 11.4 Å². The summed E-state index contributed by atoms with van der Waals surface area (Å²) in [7, 11) is 0. The number of amides is 1. The normalized spacial score (nSPS) is 12.1. The molecule has 0 bridgehead atoms. The van der Waals surface area contributed by atoms with Gasteiger partial charge in [0.05, 0.1) is 5.51 Å². The summed E-state index contributed by atoms with van der Waals surface area (Å²) in [6.07, 6.45) is 1.90. The van der Waals surface area contributed by atoms with E-state index < -0.39 is 0 Å². The predicted molar refractivity (Wildman–Crippen MR) is 73.8 cm³/mol. The summed E-state index contributed by atoms with van der Waals surface area (Å²) in [5, 5.41) is 4.72. The van der Waals surface area contributed by atoms with Crippen LogP contribution in [0.2, 0.25) is 0 Å². The maximum Gasteiger partial charge on any atom is 0.270 e. The minimum atomic E-state index is -0.0863. The lowest BCUT2D eigenvalue weighted by atomic mass is 10.1. The molecule has 2 rings (SSSR count). The number of hydrogen-bond donors (Lipinski definition) is 1. The van der Waals surface area contributed by atoms with Crippen LogP contribution in [0.15, 0.2) is 41.2 Å². The van der Waals surface area contributed by atoms with E-state index in [-0.39, 0.29) is 11.9 Å². The van der Waals surface area contributed by atoms with E-state index in [1.54, 1.807) is 10.9 Å². The first-order valence-electron chi connectivity index (χ1n) is 5.98. The zero-order valence-corrected chi connectivity index (χ0v) is 11.1. The highest BCUT2D eigenvalue weighted by atomic mass is 32.1. The lowest BCUT2D eigenvalue weighted by molar-refractivity contribution is 0.0934. The standard InChI is InChI=1S/C14H16N2OS/c1-11(7-8-12-5-3-2-4-6-12)16-14(17)13-9-18-10-15-13/h2-6,9-11H,7-8H2,1H3,(H,16,17). The number of rotatable bonds is 5. The van der Waals surface area contributed by atoms with Crippen LogP contribution < -0.4 is 5.32 Å². The number of aromatic nitrogens is 1. The molecule has 4 heteroatoms. The first-order chi connectivity index (χ1) is 8.75. The molecule has 2 aromatic rings. The number of carbonyl (C=O) groups is 1. The van der Waals surface area contributed by atoms with Crippen molar-refractivity contribution in [2.75, 3.05) is 0 Å². The second-order valence-electron chi connectivity index (χ2n) is 4.27. The number of aryl methyl sites for hydroxylation is 1. The summed E-state index contributed by atoms with van der Waals surface area (Å²) >= 11 is 1.43. The predicted octanol–water partition coefficient (Wildman–Crippen LogP) is 2.89. The van der Waals surface area contributed by atoms with Crippen LogP contribution in [-0.2, 0) is 6.42 Å². The van der Waals surface area contributed by atoms with Crippen molar-refractivity contribution in [2.45, 2.75) is 25.8 Å². The number of thiazole rings is 1. The Hall–Kier alpha value is -1.68. The summed E-state index contributed by atoms with van der Waals surface area (Å²) in [6.45, 7) is 2.02. The molecule has 1 aromatic heterocycles. The molecule has 0 aliphatic heterocycles. The first-order valence-corrected chi connectivity index (χ1v) is 6.93. The molecule has 94 valence electrons. The van der Waals surface area contributed by atoms with Gasteiger partial charge in [-0.1, -0.05) is 30.3 Å². The van der Waals surface area contributed by atoms with Gasteiger partial charge < -0.3 is 5.32 Å². The molecular weight excluding hydrogens is 244 g/mol. The van der Waals surface area contributed by atoms with E-state index in [0.29, 0.717) is 5.69 Å². The van der Waals surface area contributed by atoms with Crippen molar-refractivity contribution in [2.24, 2.45) is 0 Å². The third kappa shape index (κ3) is 3.67. The number of carbonyl (C=O) groups excluding carboxylic acids is 1. The van der Waals surface area contributed by atoms with Crippen molar-refractivity contribution < 1.29 is 4.79 Å². The highest BCUT2D eigenvalue weighted by molar-refractivity contribution is 7.07. The average Bonchev–Trinajstić information content (AvgIpc) is 2.91. The third-order valence-electron chi connectivity index (χ3n) is 2.75. The molecule has 0 saturated carbocycles. The molecule has 0 aliphatic rings. The summed E-state index contributed by atoms with van der Waals surface area (Å²) < 4.78 is 0. The van der Waals surface area contributed by atoms with Crippen LogP contribution in [-0.4, -0.2) is 16.9 Å². The van der Waals surface area contributed by atoms with Crippen LogP contribution in [0.1, 0.15) is 29.4 Å². The molecule has 1 unspecified atom stereocenters. The van der Waals surface area contributed by atoms with Gasteiger partial charge in [-0.15, -0.1) is 11.3 Å². The topological polar surface area (TPSA) is 42.0 Å². The molecule has 3 nitrogen and oxygen atoms in total. The SMILES string of the molecule is CC(CCc1ccccc1)NC(=O)c1cscn1. The summed E-state index contributed by atoms with van der Waals surface area (Å²) in [5.41, 5.74) is 3.47. The summed E-state index contributed by atoms with van der Waals surface area (Å²) in [4.78, 5) is 15.8. The maximum atomic E-state index is 11.8. The van der Waals surface area contributed by atoms with Crippen LogP contribution in [0, 0.1) is 0 Å². The van der Waals surface area contributed by atoms with E-state index >= 15 is 0 Å². The Morgan fingerprint density at radius 1 is 1.39 bits per heavy atom. The van der Waals surface area contributed by atoms with Gasteiger partial charge in [-0.3, -0.25) is 4.79 Å². The van der Waals surface area contributed by atoms with Crippen LogP contribution in [0.5, 0.6) is 0 Å². The molecular formula is C14H16N2OS. The smallest absolute Gasteiger partial charge is 0.270 e. The lowest BCUT2D eigenvalue weighted by Crippen LogP contribution is -2.33. The lowest BCUT2D eigenvalue weighted by Gasteiger charge is -2.12. The number of nitrogens with zero attached hydrogens (tertiary/aromatic N) is 1. The minimum Gasteiger partial charge on any atom is -0.348 e. The molecule has 0 aliphatic carbocycles. The minimum absolute atomic E-state index is 0.0863. The summed E-state index contributed by atoms with van der Waals surface area (Å²) in [5.74, 6) is -0.0863. The van der Waals surface area contributed by atoms with E-state index in [1.165, 1.54) is 16.9 Å². The fourth-order valence-electron chi connectivity index (χ4n) is 1.72. The Bertz CT molecular complexity index is 482. The average molecular weight is 260 g/mol. The zero-order valence-electron chi connectivity index (χ0n) is 10.3. The van der Waals surface area contributed by atoms with Crippen molar-refractivity contribution >= 4 is 17.2 Å². The van der Waals surface area contributed by atoms with Crippen LogP contribution in [0.25, 0.3) is 0 Å². The quantitative estimate of drug-likeness (QED) is 0.898. The largest absolute Gasteiger partial charge is 0.348 e. The molecule has 1 atom stereocenters. The van der Waals surface area contributed by atoms with Gasteiger partial charge >= 0.3 is 0 Å². The van der Waals surface area contributed by atoms with E-state index in [4.69, 9.17) is 0 Å². The Labute approximate surface area is 111 Å². The fraction of sp³-hybridized carbons (Fsp3) is 0.286. The molecule has 18 heavy (non-hydrogen) atoms. The van der Waals surface area contributed by atoms with Gasteiger partial charge in [0.25, 0.3) is 5.91 Å². The summed E-state index contributed by atoms with van der Waals surface area (Å²) in [6, 6.07) is 10.4. The molecule has 1 amide bonds. The molecule has 0 saturated heterocycles. The van der Waals surface area contributed by atoms with Gasteiger partial charge in [0.1, 0.15) is 5.69 Å². The van der Waals surface area contributed by atoms with Gasteiger partial charge in [0.15, 0.2) is 0 Å². The number of benzene rings is 1. The fourth-order valence-corrected chi connectivity index (χ4v) is 2.25. The van der Waals surface area contributed by atoms with Gasteiger partial charge in [-0.25, -0.2) is 4.98 Å². The number of nitrogens with one attached hydrogen (secondary N) is 1. The highest BCUT2D eigenvalue weighted by Crippen LogP contribution is 2.06. The zero-order chi connectivity index (χ0) is 12.8. The molecule has 0 fully saturated rings. The van der Waals surface area contributed by atoms with Crippen molar-refractivity contribution in [1.29, 1.82) is 0 Å². The molecule has 1 aromatic carbocycles.